The smallest absolute Gasteiger partial charge is 0.163 e. The van der Waals surface area contributed by atoms with E-state index in [-0.39, 0.29) is 0 Å². The molecular formula is C18H8Br2N4OS2. The first-order valence-electron chi connectivity index (χ1n) is 7.79. The fourth-order valence-electron chi connectivity index (χ4n) is 2.85. The lowest BCUT2D eigenvalue weighted by Gasteiger charge is -2.10. The van der Waals surface area contributed by atoms with Gasteiger partial charge in [-0.05, 0) is 78.6 Å². The zero-order chi connectivity index (χ0) is 18.4. The summed E-state index contributed by atoms with van der Waals surface area (Å²) < 4.78 is 7.19. The van der Waals surface area contributed by atoms with Gasteiger partial charge in [-0.15, -0.1) is 22.7 Å². The second-order valence-corrected chi connectivity index (χ2v) is 10.5. The molecule has 0 saturated heterocycles. The van der Waals surface area contributed by atoms with E-state index in [4.69, 9.17) is 9.61 Å². The normalized spacial score (nSPS) is 11.3. The van der Waals surface area contributed by atoms with Crippen LogP contribution in [0.4, 0.5) is 0 Å². The third-order valence-corrected chi connectivity index (χ3v) is 7.26. The van der Waals surface area contributed by atoms with Crippen LogP contribution in [0, 0.1) is 0 Å². The van der Waals surface area contributed by atoms with Gasteiger partial charge in [0.2, 0.25) is 0 Å². The van der Waals surface area contributed by atoms with Gasteiger partial charge in [-0.25, -0.2) is 9.61 Å². The topological polar surface area (TPSA) is 64.7 Å². The van der Waals surface area contributed by atoms with Crippen LogP contribution in [0.3, 0.4) is 0 Å². The molecule has 0 unspecified atom stereocenters. The quantitative estimate of drug-likeness (QED) is 0.266. The molecule has 27 heavy (non-hydrogen) atoms. The minimum absolute atomic E-state index is 0.654. The number of pyridine rings is 2. The van der Waals surface area contributed by atoms with E-state index in [0.717, 1.165) is 39.8 Å². The molecule has 0 aliphatic carbocycles. The van der Waals surface area contributed by atoms with Crippen molar-refractivity contribution in [1.29, 1.82) is 0 Å². The standard InChI is InChI=1S/C18H8Br2N4OS2/c19-12-3-1-10(26-12)14-15(9-5-7-21-8-6-9)22-16(11-2-4-13(20)27-11)18-17(14)23-25-24-18/h1-8H. The van der Waals surface area contributed by atoms with E-state index in [2.05, 4.69) is 47.2 Å². The zero-order valence-electron chi connectivity index (χ0n) is 13.4. The molecule has 0 saturated carbocycles. The highest BCUT2D eigenvalue weighted by Gasteiger charge is 2.23. The molecule has 0 amide bonds. The summed E-state index contributed by atoms with van der Waals surface area (Å²) in [6, 6.07) is 12.0. The Kier molecular flexibility index (Phi) is 4.39. The van der Waals surface area contributed by atoms with Gasteiger partial charge in [0.15, 0.2) is 5.52 Å². The van der Waals surface area contributed by atoms with Crippen molar-refractivity contribution < 1.29 is 4.63 Å². The van der Waals surface area contributed by atoms with Gasteiger partial charge >= 0.3 is 0 Å². The summed E-state index contributed by atoms with van der Waals surface area (Å²) in [5.74, 6) is 0. The first-order chi connectivity index (χ1) is 13.2. The Hall–Kier alpha value is -1.94. The second-order valence-electron chi connectivity index (χ2n) is 5.59. The fourth-order valence-corrected chi connectivity index (χ4v) is 5.66. The van der Waals surface area contributed by atoms with Gasteiger partial charge in [0, 0.05) is 28.4 Å². The van der Waals surface area contributed by atoms with Crippen molar-refractivity contribution in [2.45, 2.75) is 0 Å². The summed E-state index contributed by atoms with van der Waals surface area (Å²) in [7, 11) is 0. The van der Waals surface area contributed by atoms with E-state index in [1.807, 2.05) is 36.4 Å². The monoisotopic (exact) mass is 518 g/mol. The maximum atomic E-state index is 5.13. The molecular weight excluding hydrogens is 512 g/mol. The highest BCUT2D eigenvalue weighted by atomic mass is 79.9. The largest absolute Gasteiger partial charge is 0.265 e. The van der Waals surface area contributed by atoms with Crippen LogP contribution in [-0.2, 0) is 0 Å². The van der Waals surface area contributed by atoms with Crippen LogP contribution >= 0.6 is 54.5 Å². The average Bonchev–Trinajstić information content (AvgIpc) is 3.42. The number of thiophene rings is 2. The summed E-state index contributed by atoms with van der Waals surface area (Å²) in [6.07, 6.45) is 3.52. The van der Waals surface area contributed by atoms with Crippen molar-refractivity contribution in [3.05, 3.63) is 56.4 Å². The van der Waals surface area contributed by atoms with E-state index in [1.165, 1.54) is 0 Å². The summed E-state index contributed by atoms with van der Waals surface area (Å²) in [5.41, 5.74) is 4.81. The average molecular weight is 520 g/mol. The van der Waals surface area contributed by atoms with Gasteiger partial charge in [0.05, 0.1) is 18.1 Å². The van der Waals surface area contributed by atoms with E-state index in [9.17, 15) is 0 Å². The third-order valence-electron chi connectivity index (χ3n) is 3.99. The summed E-state index contributed by atoms with van der Waals surface area (Å²) in [4.78, 5) is 11.2. The predicted molar refractivity (Wildman–Crippen MR) is 115 cm³/mol. The van der Waals surface area contributed by atoms with Gasteiger partial charge in [0.25, 0.3) is 0 Å². The zero-order valence-corrected chi connectivity index (χ0v) is 18.2. The molecule has 0 N–H and O–H groups in total. The van der Waals surface area contributed by atoms with Crippen molar-refractivity contribution >= 4 is 65.6 Å². The fraction of sp³-hybridized carbons (Fsp3) is 0. The Bertz CT molecular complexity index is 1260. The summed E-state index contributed by atoms with van der Waals surface area (Å²) in [5, 5.41) is 8.38. The molecule has 5 nitrogen and oxygen atoms in total. The molecule has 5 rings (SSSR count). The van der Waals surface area contributed by atoms with Crippen LogP contribution in [0.1, 0.15) is 0 Å². The Morgan fingerprint density at radius 2 is 1.41 bits per heavy atom. The van der Waals surface area contributed by atoms with Crippen LogP contribution in [0.15, 0.2) is 61.0 Å². The van der Waals surface area contributed by atoms with Crippen LogP contribution in [0.25, 0.3) is 43.3 Å². The summed E-state index contributed by atoms with van der Waals surface area (Å²) >= 11 is 10.3. The van der Waals surface area contributed by atoms with Crippen molar-refractivity contribution in [2.24, 2.45) is 0 Å². The van der Waals surface area contributed by atoms with Gasteiger partial charge in [-0.3, -0.25) is 4.98 Å². The van der Waals surface area contributed by atoms with E-state index in [1.54, 1.807) is 35.1 Å². The van der Waals surface area contributed by atoms with Crippen molar-refractivity contribution in [3.8, 4) is 32.3 Å². The minimum atomic E-state index is 0.654. The molecule has 0 aliphatic heterocycles. The number of nitrogens with zero attached hydrogens (tertiary/aromatic N) is 4. The van der Waals surface area contributed by atoms with Crippen molar-refractivity contribution in [2.75, 3.05) is 0 Å². The molecule has 0 radical (unpaired) electrons. The first kappa shape index (κ1) is 17.2. The molecule has 5 heterocycles. The highest BCUT2D eigenvalue weighted by Crippen LogP contribution is 2.43. The third kappa shape index (κ3) is 3.04. The van der Waals surface area contributed by atoms with Gasteiger partial charge < -0.3 is 0 Å². The van der Waals surface area contributed by atoms with Crippen molar-refractivity contribution in [1.82, 2.24) is 20.3 Å². The minimum Gasteiger partial charge on any atom is -0.265 e. The lowest BCUT2D eigenvalue weighted by atomic mass is 10.0. The first-order valence-corrected chi connectivity index (χ1v) is 11.0. The van der Waals surface area contributed by atoms with Gasteiger partial charge in [0.1, 0.15) is 11.2 Å². The molecule has 132 valence electrons. The number of halogens is 2. The number of hydrogen-bond acceptors (Lipinski definition) is 7. The molecule has 0 aliphatic rings. The molecule has 9 heteroatoms. The predicted octanol–water partition coefficient (Wildman–Crippen LogP) is 6.66. The molecule has 0 aromatic carbocycles. The van der Waals surface area contributed by atoms with Crippen LogP contribution in [0.2, 0.25) is 0 Å². The highest BCUT2D eigenvalue weighted by molar-refractivity contribution is 9.11. The van der Waals surface area contributed by atoms with E-state index in [0.29, 0.717) is 11.0 Å². The molecule has 0 fully saturated rings. The lowest BCUT2D eigenvalue weighted by molar-refractivity contribution is 0.315. The Morgan fingerprint density at radius 3 is 2.07 bits per heavy atom. The van der Waals surface area contributed by atoms with Crippen LogP contribution < -0.4 is 0 Å². The van der Waals surface area contributed by atoms with Crippen molar-refractivity contribution in [3.63, 3.8) is 0 Å². The number of fused-ring (bicyclic) bond motifs is 1. The Labute approximate surface area is 178 Å². The van der Waals surface area contributed by atoms with Crippen LogP contribution in [0.5, 0.6) is 0 Å². The Morgan fingerprint density at radius 1 is 0.741 bits per heavy atom. The van der Waals surface area contributed by atoms with E-state index < -0.39 is 0 Å². The maximum Gasteiger partial charge on any atom is 0.163 e. The van der Waals surface area contributed by atoms with E-state index >= 15 is 0 Å². The molecule has 0 spiro atoms. The molecule has 5 aromatic rings. The van der Waals surface area contributed by atoms with Gasteiger partial charge in [-0.1, -0.05) is 0 Å². The van der Waals surface area contributed by atoms with Crippen LogP contribution in [-0.4, -0.2) is 20.3 Å². The Balaban J connectivity index is 1.89. The second kappa shape index (κ2) is 6.90. The molecule has 0 atom stereocenters. The van der Waals surface area contributed by atoms with Gasteiger partial charge in [-0.2, -0.15) is 0 Å². The summed E-state index contributed by atoms with van der Waals surface area (Å²) in [6.45, 7) is 0. The maximum absolute atomic E-state index is 5.13. The lowest BCUT2D eigenvalue weighted by Crippen LogP contribution is -1.94. The number of aromatic nitrogens is 4. The molecule has 5 aromatic heterocycles. The number of hydrogen-bond donors (Lipinski definition) is 0. The molecule has 0 bridgehead atoms. The SMILES string of the molecule is Brc1ccc(-c2nc(-c3ccncc3)c(-c3ccc(Br)s3)c3nonc23)s1. The number of rotatable bonds is 3.